The number of H-pyrrole nitrogens is 2. The van der Waals surface area contributed by atoms with Crippen LogP contribution in [0.15, 0.2) is 60.9 Å². The molecule has 29 heavy (non-hydrogen) atoms. The zero-order valence-electron chi connectivity index (χ0n) is 15.0. The van der Waals surface area contributed by atoms with Gasteiger partial charge in [-0.1, -0.05) is 23.7 Å². The molecule has 0 saturated heterocycles. The minimum absolute atomic E-state index is 0.0316. The first-order chi connectivity index (χ1) is 14.2. The van der Waals surface area contributed by atoms with Crippen LogP contribution >= 0.6 is 11.6 Å². The third-order valence-corrected chi connectivity index (χ3v) is 4.80. The van der Waals surface area contributed by atoms with Gasteiger partial charge in [0.1, 0.15) is 6.61 Å². The molecule has 0 fully saturated rings. The van der Waals surface area contributed by atoms with Crippen LogP contribution in [0.4, 0.5) is 0 Å². The summed E-state index contributed by atoms with van der Waals surface area (Å²) in [5.41, 5.74) is 4.80. The van der Waals surface area contributed by atoms with Gasteiger partial charge in [-0.2, -0.15) is 0 Å². The van der Waals surface area contributed by atoms with Crippen LogP contribution < -0.4 is 0 Å². The number of rotatable bonds is 4. The van der Waals surface area contributed by atoms with Gasteiger partial charge in [0.05, 0.1) is 22.2 Å². The number of imidazole rings is 1. The van der Waals surface area contributed by atoms with Gasteiger partial charge < -0.3 is 9.84 Å². The second-order valence-corrected chi connectivity index (χ2v) is 6.94. The normalized spacial score (nSPS) is 11.2. The Morgan fingerprint density at radius 1 is 1.00 bits per heavy atom. The predicted octanol–water partition coefficient (Wildman–Crippen LogP) is 4.51. The van der Waals surface area contributed by atoms with Crippen LogP contribution in [0, 0.1) is 0 Å². The van der Waals surface area contributed by atoms with E-state index in [0.717, 1.165) is 27.7 Å². The molecule has 0 bridgehead atoms. The lowest BCUT2D eigenvalue weighted by molar-refractivity contribution is 0.0460. The monoisotopic (exact) mass is 403 g/mol. The van der Waals surface area contributed by atoms with E-state index in [1.165, 1.54) is 0 Å². The summed E-state index contributed by atoms with van der Waals surface area (Å²) >= 11 is 5.95. The SMILES string of the molecule is O=C(OCc1cccc(Cl)c1)c1nc2cc3[nH][nH]c(-c4ccncc4)c3cc2n1. The van der Waals surface area contributed by atoms with Crippen molar-refractivity contribution in [2.75, 3.05) is 0 Å². The number of fused-ring (bicyclic) bond motifs is 2. The summed E-state index contributed by atoms with van der Waals surface area (Å²) in [6.45, 7) is 0.103. The van der Waals surface area contributed by atoms with Crippen LogP contribution in [0.1, 0.15) is 16.2 Å². The predicted molar refractivity (Wildman–Crippen MR) is 110 cm³/mol. The molecular weight excluding hydrogens is 390 g/mol. The van der Waals surface area contributed by atoms with Crippen molar-refractivity contribution >= 4 is 39.5 Å². The number of pyridine rings is 1. The minimum atomic E-state index is -0.578. The van der Waals surface area contributed by atoms with Crippen molar-refractivity contribution < 1.29 is 9.53 Å². The van der Waals surface area contributed by atoms with Gasteiger partial charge in [0, 0.05) is 28.4 Å². The summed E-state index contributed by atoms with van der Waals surface area (Å²) in [5, 5.41) is 7.83. The summed E-state index contributed by atoms with van der Waals surface area (Å²) < 4.78 is 5.33. The maximum atomic E-state index is 12.4. The first kappa shape index (κ1) is 17.4. The average molecular weight is 404 g/mol. The van der Waals surface area contributed by atoms with E-state index >= 15 is 0 Å². The molecule has 142 valence electrons. The number of carbonyl (C=O) groups excluding carboxylic acids is 1. The van der Waals surface area contributed by atoms with Crippen LogP contribution in [-0.4, -0.2) is 31.1 Å². The first-order valence-corrected chi connectivity index (χ1v) is 9.25. The van der Waals surface area contributed by atoms with E-state index in [2.05, 4.69) is 25.1 Å². The molecule has 0 radical (unpaired) electrons. The zero-order valence-corrected chi connectivity index (χ0v) is 15.8. The molecule has 3 aromatic heterocycles. The lowest BCUT2D eigenvalue weighted by Gasteiger charge is -2.02. The number of nitrogens with one attached hydrogen (secondary N) is 2. The Kier molecular flexibility index (Phi) is 4.22. The molecule has 0 aliphatic heterocycles. The first-order valence-electron chi connectivity index (χ1n) is 8.87. The van der Waals surface area contributed by atoms with Crippen LogP contribution in [-0.2, 0) is 11.3 Å². The Morgan fingerprint density at radius 2 is 1.79 bits per heavy atom. The highest BCUT2D eigenvalue weighted by Gasteiger charge is 2.17. The summed E-state index contributed by atoms with van der Waals surface area (Å²) in [4.78, 5) is 25.1. The third kappa shape index (κ3) is 3.32. The van der Waals surface area contributed by atoms with E-state index in [9.17, 15) is 4.79 Å². The van der Waals surface area contributed by atoms with E-state index < -0.39 is 5.97 Å². The van der Waals surface area contributed by atoms with Gasteiger partial charge in [-0.15, -0.1) is 0 Å². The van der Waals surface area contributed by atoms with Gasteiger partial charge in [0.25, 0.3) is 0 Å². The number of carbonyl (C=O) groups is 1. The van der Waals surface area contributed by atoms with Crippen molar-refractivity contribution in [3.05, 3.63) is 77.3 Å². The van der Waals surface area contributed by atoms with Crippen LogP contribution in [0.25, 0.3) is 33.2 Å². The number of aromatic amines is 2. The molecule has 0 aliphatic rings. The fourth-order valence-electron chi connectivity index (χ4n) is 3.19. The highest BCUT2D eigenvalue weighted by atomic mass is 35.5. The number of aromatic nitrogens is 5. The largest absolute Gasteiger partial charge is 0.455 e. The molecule has 3 heterocycles. The summed E-state index contributed by atoms with van der Waals surface area (Å²) in [7, 11) is 0. The molecule has 0 aliphatic carbocycles. The molecular formula is C21H14ClN5O2. The zero-order chi connectivity index (χ0) is 19.8. The number of nitrogens with zero attached hydrogens (tertiary/aromatic N) is 3. The maximum Gasteiger partial charge on any atom is 0.376 e. The Bertz CT molecular complexity index is 1340. The van der Waals surface area contributed by atoms with Crippen LogP contribution in [0.2, 0.25) is 5.02 Å². The van der Waals surface area contributed by atoms with E-state index in [-0.39, 0.29) is 12.4 Å². The Balaban J connectivity index is 1.44. The molecule has 0 saturated carbocycles. The van der Waals surface area contributed by atoms with E-state index in [1.807, 2.05) is 30.3 Å². The van der Waals surface area contributed by atoms with Crippen molar-refractivity contribution in [1.29, 1.82) is 0 Å². The summed E-state index contributed by atoms with van der Waals surface area (Å²) in [6.07, 6.45) is 3.47. The molecule has 0 atom stereocenters. The third-order valence-electron chi connectivity index (χ3n) is 4.57. The number of esters is 1. The molecule has 2 aromatic carbocycles. The van der Waals surface area contributed by atoms with Crippen molar-refractivity contribution in [3.8, 4) is 11.3 Å². The van der Waals surface area contributed by atoms with Crippen molar-refractivity contribution in [2.45, 2.75) is 6.61 Å². The summed E-state index contributed by atoms with van der Waals surface area (Å²) in [5.74, 6) is -0.546. The lowest BCUT2D eigenvalue weighted by Crippen LogP contribution is -2.07. The van der Waals surface area contributed by atoms with E-state index in [1.54, 1.807) is 30.6 Å². The second-order valence-electron chi connectivity index (χ2n) is 6.50. The van der Waals surface area contributed by atoms with Crippen molar-refractivity contribution in [2.24, 2.45) is 0 Å². The van der Waals surface area contributed by atoms with Gasteiger partial charge in [0.2, 0.25) is 5.82 Å². The molecule has 2 N–H and O–H groups in total. The Morgan fingerprint density at radius 3 is 2.59 bits per heavy atom. The van der Waals surface area contributed by atoms with Gasteiger partial charge >= 0.3 is 5.97 Å². The van der Waals surface area contributed by atoms with E-state index in [4.69, 9.17) is 16.3 Å². The van der Waals surface area contributed by atoms with E-state index in [0.29, 0.717) is 16.1 Å². The fraction of sp³-hybridized carbons (Fsp3) is 0.0476. The fourth-order valence-corrected chi connectivity index (χ4v) is 3.41. The van der Waals surface area contributed by atoms with Gasteiger partial charge in [-0.05, 0) is 42.0 Å². The van der Waals surface area contributed by atoms with Gasteiger partial charge in [-0.25, -0.2) is 14.8 Å². The summed E-state index contributed by atoms with van der Waals surface area (Å²) in [6, 6.07) is 14.7. The second kappa shape index (κ2) is 7.03. The molecule has 7 nitrogen and oxygen atoms in total. The van der Waals surface area contributed by atoms with Gasteiger partial charge in [0.15, 0.2) is 0 Å². The molecule has 0 unspecified atom stereocenters. The average Bonchev–Trinajstić information content (AvgIpc) is 3.34. The standard InChI is InChI=1S/C21H14ClN5O2/c22-14-3-1-2-12(8-14)11-29-21(28)20-24-17-9-15-16(10-18(17)25-20)26-27-19(15)13-4-6-23-7-5-13/h1-10,26-27H,11H2. The smallest absolute Gasteiger partial charge is 0.376 e. The number of ether oxygens (including phenoxy) is 1. The lowest BCUT2D eigenvalue weighted by atomic mass is 10.1. The minimum Gasteiger partial charge on any atom is -0.455 e. The maximum absolute atomic E-state index is 12.4. The molecule has 8 heteroatoms. The van der Waals surface area contributed by atoms with Crippen LogP contribution in [0.5, 0.6) is 0 Å². The van der Waals surface area contributed by atoms with Crippen molar-refractivity contribution in [3.63, 3.8) is 0 Å². The Labute approximate surface area is 169 Å². The van der Waals surface area contributed by atoms with Crippen LogP contribution in [0.3, 0.4) is 0 Å². The molecule has 0 spiro atoms. The Hall–Kier alpha value is -3.71. The van der Waals surface area contributed by atoms with Crippen molar-refractivity contribution in [1.82, 2.24) is 25.1 Å². The highest BCUT2D eigenvalue weighted by molar-refractivity contribution is 6.30. The quantitative estimate of drug-likeness (QED) is 0.430. The van der Waals surface area contributed by atoms with Gasteiger partial charge in [-0.3, -0.25) is 10.1 Å². The highest BCUT2D eigenvalue weighted by Crippen LogP contribution is 2.29. The number of hydrogen-bond donors (Lipinski definition) is 2. The topological polar surface area (TPSA) is 96.5 Å². The number of hydrogen-bond acceptors (Lipinski definition) is 5. The molecule has 0 amide bonds. The number of halogens is 1. The molecule has 5 rings (SSSR count). The number of benzene rings is 2. The molecule has 5 aromatic rings.